The monoisotopic (exact) mass is 771 g/mol. The minimum atomic E-state index is -2.05. The van der Waals surface area contributed by atoms with Crippen molar-refractivity contribution >= 4 is 38.1 Å². The highest BCUT2D eigenvalue weighted by molar-refractivity contribution is 6.26. The Morgan fingerprint density at radius 2 is 0.929 bits per heavy atom. The van der Waals surface area contributed by atoms with Crippen molar-refractivity contribution < 1.29 is 33.2 Å². The number of carbonyl (C=O) groups excluding carboxylic acids is 1. The van der Waals surface area contributed by atoms with Crippen LogP contribution in [0.25, 0.3) is 32.3 Å². The zero-order chi connectivity index (χ0) is 40.1. The van der Waals surface area contributed by atoms with Crippen LogP contribution in [0.15, 0.2) is 79.4 Å². The van der Waals surface area contributed by atoms with Gasteiger partial charge in [0.25, 0.3) is 5.79 Å². The summed E-state index contributed by atoms with van der Waals surface area (Å²) in [5, 5.41) is 6.38. The second-order valence-electron chi connectivity index (χ2n) is 14.9. The molecule has 0 saturated carbocycles. The number of benzene rings is 4. The molecule has 0 aliphatic rings. The third-order valence-electron chi connectivity index (χ3n) is 10.4. The van der Waals surface area contributed by atoms with Gasteiger partial charge in [-0.25, -0.2) is 0 Å². The molecule has 0 aliphatic heterocycles. The average Bonchev–Trinajstić information content (AvgIpc) is 3.23. The summed E-state index contributed by atoms with van der Waals surface area (Å²) in [5.74, 6) is -3.84. The van der Waals surface area contributed by atoms with Gasteiger partial charge >= 0.3 is 5.97 Å². The van der Waals surface area contributed by atoms with Gasteiger partial charge in [0.15, 0.2) is 11.9 Å². The van der Waals surface area contributed by atoms with Crippen LogP contribution in [0.4, 0.5) is 0 Å². The summed E-state index contributed by atoms with van der Waals surface area (Å²) in [6.45, 7) is 16.2. The van der Waals surface area contributed by atoms with Crippen LogP contribution < -0.4 is 4.74 Å². The molecule has 1 atom stereocenters. The first-order valence-electron chi connectivity index (χ1n) is 21.8. The molecule has 0 aliphatic carbocycles. The number of hydrogen-bond acceptors (Lipinski definition) is 7. The number of ether oxygens (including phenoxy) is 6. The molecule has 0 radical (unpaired) electrons. The van der Waals surface area contributed by atoms with E-state index in [0.717, 1.165) is 129 Å². The van der Waals surface area contributed by atoms with Crippen molar-refractivity contribution in [3.8, 4) is 5.75 Å². The van der Waals surface area contributed by atoms with Crippen LogP contribution in [0, 0.1) is 0 Å². The predicted molar refractivity (Wildman–Crippen MR) is 231 cm³/mol. The molecule has 0 heterocycles. The van der Waals surface area contributed by atoms with Gasteiger partial charge in [0.2, 0.25) is 0 Å². The van der Waals surface area contributed by atoms with Gasteiger partial charge in [-0.1, -0.05) is 166 Å². The van der Waals surface area contributed by atoms with Crippen molar-refractivity contribution in [1.29, 1.82) is 0 Å². The number of ketones is 1. The van der Waals surface area contributed by atoms with Gasteiger partial charge in [-0.15, -0.1) is 0 Å². The summed E-state index contributed by atoms with van der Waals surface area (Å²) in [5.41, 5.74) is 0. The molecule has 4 aromatic carbocycles. The number of carbonyl (C=O) groups is 1. The number of unbranched alkanes of at least 4 members (excludes halogenated alkanes) is 10. The third kappa shape index (κ3) is 11.4. The van der Waals surface area contributed by atoms with E-state index in [2.05, 4.69) is 95.8 Å². The summed E-state index contributed by atoms with van der Waals surface area (Å²) < 4.78 is 42.5. The standard InChI is InChI=1S/C49H70O7/c1-7-13-22-34-51-47(44(50)12-6)48(52-35-23-14-8-2,53-36-24-15-9-3)49(54-37-25-16-10-4,55-38-26-17-11-5)56-45-33-27-32-43-41-29-19-18-28-39(41)40-30-20-21-31-42(40)46(43)45/h12,18-21,27-33,47H,6-11,13-17,22-26,34-38H2,1-5H3. The molecule has 56 heavy (non-hydrogen) atoms. The lowest BCUT2D eigenvalue weighted by Gasteiger charge is -2.49. The lowest BCUT2D eigenvalue weighted by atomic mass is 9.94. The smallest absolute Gasteiger partial charge is 0.388 e. The predicted octanol–water partition coefficient (Wildman–Crippen LogP) is 13.0. The van der Waals surface area contributed by atoms with Crippen LogP contribution in [0.3, 0.4) is 0 Å². The molecule has 0 fully saturated rings. The van der Waals surface area contributed by atoms with E-state index in [0.29, 0.717) is 25.6 Å². The lowest BCUT2D eigenvalue weighted by molar-refractivity contribution is -0.489. The highest BCUT2D eigenvalue weighted by Gasteiger charge is 2.67. The zero-order valence-corrected chi connectivity index (χ0v) is 35.2. The van der Waals surface area contributed by atoms with Crippen LogP contribution in [0.1, 0.15) is 131 Å². The molecule has 0 amide bonds. The maximum Gasteiger partial charge on any atom is 0.388 e. The Hall–Kier alpha value is -3.33. The van der Waals surface area contributed by atoms with Crippen LogP contribution >= 0.6 is 0 Å². The molecular formula is C49H70O7. The highest BCUT2D eigenvalue weighted by atomic mass is 16.9. The Kier molecular flexibility index (Phi) is 19.8. The topological polar surface area (TPSA) is 72.5 Å². The normalized spacial score (nSPS) is 12.8. The fraction of sp³-hybridized carbons (Fsp3) is 0.571. The number of fused-ring (bicyclic) bond motifs is 6. The second kappa shape index (κ2) is 24.4. The summed E-state index contributed by atoms with van der Waals surface area (Å²) in [6.07, 6.45) is 13.5. The van der Waals surface area contributed by atoms with Crippen LogP contribution in [0.2, 0.25) is 0 Å². The van der Waals surface area contributed by atoms with E-state index in [1.807, 2.05) is 12.1 Å². The van der Waals surface area contributed by atoms with Crippen LogP contribution in [-0.2, 0) is 28.5 Å². The second-order valence-corrected chi connectivity index (χ2v) is 14.9. The first-order chi connectivity index (χ1) is 27.5. The average molecular weight is 771 g/mol. The Balaban J connectivity index is 2.09. The molecular weight excluding hydrogens is 701 g/mol. The molecule has 7 heteroatoms. The summed E-state index contributed by atoms with van der Waals surface area (Å²) >= 11 is 0. The number of hydrogen-bond donors (Lipinski definition) is 0. The maximum atomic E-state index is 14.4. The lowest BCUT2D eigenvalue weighted by Crippen LogP contribution is -2.71. The van der Waals surface area contributed by atoms with Crippen molar-refractivity contribution in [3.63, 3.8) is 0 Å². The zero-order valence-electron chi connectivity index (χ0n) is 35.2. The Morgan fingerprint density at radius 3 is 1.38 bits per heavy atom. The molecule has 4 aromatic rings. The van der Waals surface area contributed by atoms with Gasteiger partial charge in [0.1, 0.15) is 5.75 Å². The quantitative estimate of drug-likeness (QED) is 0.0218. The van der Waals surface area contributed by atoms with E-state index < -0.39 is 17.9 Å². The Morgan fingerprint density at radius 1 is 0.536 bits per heavy atom. The van der Waals surface area contributed by atoms with Crippen LogP contribution in [-0.4, -0.2) is 56.7 Å². The van der Waals surface area contributed by atoms with Gasteiger partial charge < -0.3 is 28.4 Å². The van der Waals surface area contributed by atoms with E-state index in [9.17, 15) is 4.79 Å². The first-order valence-corrected chi connectivity index (χ1v) is 21.8. The molecule has 7 nitrogen and oxygen atoms in total. The maximum absolute atomic E-state index is 14.4. The van der Waals surface area contributed by atoms with Crippen molar-refractivity contribution in [3.05, 3.63) is 79.4 Å². The van der Waals surface area contributed by atoms with Gasteiger partial charge in [-0.05, 0) is 71.2 Å². The molecule has 308 valence electrons. The third-order valence-corrected chi connectivity index (χ3v) is 10.4. The van der Waals surface area contributed by atoms with Crippen molar-refractivity contribution in [2.24, 2.45) is 0 Å². The molecule has 0 bridgehead atoms. The molecule has 1 unspecified atom stereocenters. The first kappa shape index (κ1) is 45.4. The van der Waals surface area contributed by atoms with E-state index in [1.165, 1.54) is 6.08 Å². The van der Waals surface area contributed by atoms with Gasteiger partial charge in [-0.3, -0.25) is 4.79 Å². The van der Waals surface area contributed by atoms with Crippen LogP contribution in [0.5, 0.6) is 5.75 Å². The SMILES string of the molecule is C=CC(=O)C(OCCCCC)C(OCCCCC)(OCCCCC)C(OCCCCC)(OCCCCC)Oc1cccc2c3ccccc3c3ccccc3c12. The summed E-state index contributed by atoms with van der Waals surface area (Å²) in [7, 11) is 0. The van der Waals surface area contributed by atoms with Gasteiger partial charge in [0, 0.05) is 12.0 Å². The molecule has 0 N–H and O–H groups in total. The van der Waals surface area contributed by atoms with Crippen molar-refractivity contribution in [1.82, 2.24) is 0 Å². The molecule has 0 aromatic heterocycles. The summed E-state index contributed by atoms with van der Waals surface area (Å²) in [6, 6.07) is 23.0. The molecule has 0 saturated heterocycles. The Bertz CT molecular complexity index is 1680. The van der Waals surface area contributed by atoms with E-state index in [-0.39, 0.29) is 19.0 Å². The Labute approximate surface area is 337 Å². The van der Waals surface area contributed by atoms with Gasteiger partial charge in [0.05, 0.1) is 26.4 Å². The molecule has 4 rings (SSSR count). The fourth-order valence-corrected chi connectivity index (χ4v) is 7.36. The number of rotatable bonds is 31. The van der Waals surface area contributed by atoms with E-state index in [1.54, 1.807) is 0 Å². The largest absolute Gasteiger partial charge is 0.434 e. The van der Waals surface area contributed by atoms with Gasteiger partial charge in [-0.2, -0.15) is 0 Å². The summed E-state index contributed by atoms with van der Waals surface area (Å²) in [4.78, 5) is 14.4. The van der Waals surface area contributed by atoms with E-state index in [4.69, 9.17) is 28.4 Å². The minimum Gasteiger partial charge on any atom is -0.434 e. The molecule has 0 spiro atoms. The van der Waals surface area contributed by atoms with E-state index >= 15 is 0 Å². The van der Waals surface area contributed by atoms with Crippen molar-refractivity contribution in [2.45, 2.75) is 149 Å². The fourth-order valence-electron chi connectivity index (χ4n) is 7.36. The van der Waals surface area contributed by atoms with Crippen molar-refractivity contribution in [2.75, 3.05) is 33.0 Å². The minimum absolute atomic E-state index is 0.283. The highest BCUT2D eigenvalue weighted by Crippen LogP contribution is 2.45.